The maximum atomic E-state index is 14.2. The molecule has 4 rings (SSSR count). The highest BCUT2D eigenvalue weighted by Crippen LogP contribution is 2.33. The van der Waals surface area contributed by atoms with Crippen molar-refractivity contribution in [3.05, 3.63) is 42.0 Å². The van der Waals surface area contributed by atoms with Crippen molar-refractivity contribution in [1.82, 2.24) is 15.0 Å². The van der Waals surface area contributed by atoms with E-state index in [0.717, 1.165) is 48.1 Å². The van der Waals surface area contributed by atoms with E-state index in [9.17, 15) is 4.39 Å². The third-order valence-electron chi connectivity index (χ3n) is 4.55. The number of benzene rings is 1. The van der Waals surface area contributed by atoms with E-state index in [1.54, 1.807) is 7.11 Å². The Bertz CT molecular complexity index is 938. The summed E-state index contributed by atoms with van der Waals surface area (Å²) >= 11 is 0. The van der Waals surface area contributed by atoms with Gasteiger partial charge in [0.25, 0.3) is 0 Å². The van der Waals surface area contributed by atoms with E-state index >= 15 is 0 Å². The first-order valence-corrected chi connectivity index (χ1v) is 8.39. The van der Waals surface area contributed by atoms with Gasteiger partial charge < -0.3 is 9.64 Å². The Morgan fingerprint density at radius 2 is 1.88 bits per heavy atom. The van der Waals surface area contributed by atoms with Crippen molar-refractivity contribution in [3.8, 4) is 17.1 Å². The van der Waals surface area contributed by atoms with Crippen LogP contribution in [0.2, 0.25) is 0 Å². The zero-order valence-corrected chi connectivity index (χ0v) is 14.3. The number of anilines is 1. The lowest BCUT2D eigenvalue weighted by atomic mass is 10.1. The highest BCUT2D eigenvalue weighted by Gasteiger charge is 2.20. The van der Waals surface area contributed by atoms with Crippen LogP contribution in [0.4, 0.5) is 10.2 Å². The number of ether oxygens (including phenoxy) is 1. The van der Waals surface area contributed by atoms with Crippen molar-refractivity contribution in [2.24, 2.45) is 0 Å². The number of aryl methyl sites for hydroxylation is 1. The molecule has 0 N–H and O–H groups in total. The minimum Gasteiger partial charge on any atom is -0.494 e. The average Bonchev–Trinajstić information content (AvgIpc) is 3.15. The molecule has 128 valence electrons. The molecular weight excluding hydrogens is 319 g/mol. The lowest BCUT2D eigenvalue weighted by Gasteiger charge is -2.18. The van der Waals surface area contributed by atoms with E-state index in [2.05, 4.69) is 15.0 Å². The van der Waals surface area contributed by atoms with Gasteiger partial charge >= 0.3 is 0 Å². The summed E-state index contributed by atoms with van der Waals surface area (Å²) in [4.78, 5) is 15.3. The number of aromatic nitrogens is 3. The van der Waals surface area contributed by atoms with Gasteiger partial charge in [0.05, 0.1) is 13.3 Å². The fourth-order valence-corrected chi connectivity index (χ4v) is 3.29. The molecule has 0 unspecified atom stereocenters. The minimum atomic E-state index is -0.377. The lowest BCUT2D eigenvalue weighted by Crippen LogP contribution is -2.21. The first-order valence-electron chi connectivity index (χ1n) is 8.39. The van der Waals surface area contributed by atoms with Crippen LogP contribution in [0.25, 0.3) is 22.3 Å². The van der Waals surface area contributed by atoms with Gasteiger partial charge in [-0.25, -0.2) is 19.3 Å². The number of fused-ring (bicyclic) bond motifs is 1. The second-order valence-electron chi connectivity index (χ2n) is 6.22. The van der Waals surface area contributed by atoms with Crippen LogP contribution in [-0.2, 0) is 0 Å². The Balaban J connectivity index is 1.89. The van der Waals surface area contributed by atoms with Crippen molar-refractivity contribution in [1.29, 1.82) is 0 Å². The molecule has 1 saturated heterocycles. The normalized spacial score (nSPS) is 14.3. The molecule has 0 saturated carbocycles. The molecule has 0 radical (unpaired) electrons. The highest BCUT2D eigenvalue weighted by atomic mass is 19.1. The molecule has 0 aliphatic carbocycles. The Kier molecular flexibility index (Phi) is 3.95. The molecule has 1 aliphatic heterocycles. The summed E-state index contributed by atoms with van der Waals surface area (Å²) < 4.78 is 19.6. The van der Waals surface area contributed by atoms with Crippen LogP contribution >= 0.6 is 0 Å². The number of hydrogen-bond donors (Lipinski definition) is 0. The quantitative estimate of drug-likeness (QED) is 0.728. The number of hydrogen-bond acceptors (Lipinski definition) is 5. The van der Waals surface area contributed by atoms with Crippen molar-refractivity contribution in [2.75, 3.05) is 25.1 Å². The number of methoxy groups -OCH3 is 1. The van der Waals surface area contributed by atoms with Crippen molar-refractivity contribution in [3.63, 3.8) is 0 Å². The zero-order chi connectivity index (χ0) is 17.4. The summed E-state index contributed by atoms with van der Waals surface area (Å²) in [6.07, 6.45) is 3.38. The van der Waals surface area contributed by atoms with Crippen molar-refractivity contribution < 1.29 is 9.13 Å². The maximum absolute atomic E-state index is 14.2. The second-order valence-corrected chi connectivity index (χ2v) is 6.22. The van der Waals surface area contributed by atoms with Gasteiger partial charge in [0.15, 0.2) is 17.5 Å². The molecule has 3 heterocycles. The molecule has 1 aliphatic rings. The Morgan fingerprint density at radius 1 is 1.08 bits per heavy atom. The summed E-state index contributed by atoms with van der Waals surface area (Å²) in [6, 6.07) is 7.68. The number of pyridine rings is 1. The fourth-order valence-electron chi connectivity index (χ4n) is 3.29. The van der Waals surface area contributed by atoms with Gasteiger partial charge in [-0.05, 0) is 38.0 Å². The zero-order valence-electron chi connectivity index (χ0n) is 14.3. The molecule has 1 fully saturated rings. The van der Waals surface area contributed by atoms with E-state index < -0.39 is 0 Å². The molecule has 25 heavy (non-hydrogen) atoms. The molecule has 0 spiro atoms. The Morgan fingerprint density at radius 3 is 2.64 bits per heavy atom. The number of nitrogens with zero attached hydrogens (tertiary/aromatic N) is 4. The monoisotopic (exact) mass is 338 g/mol. The van der Waals surface area contributed by atoms with Crippen LogP contribution in [0, 0.1) is 12.7 Å². The predicted octanol–water partition coefficient (Wildman–Crippen LogP) is 3.75. The van der Waals surface area contributed by atoms with Gasteiger partial charge in [-0.2, -0.15) is 0 Å². The summed E-state index contributed by atoms with van der Waals surface area (Å²) in [5, 5.41) is 0.893. The largest absolute Gasteiger partial charge is 0.494 e. The van der Waals surface area contributed by atoms with Crippen molar-refractivity contribution in [2.45, 2.75) is 19.8 Å². The third kappa shape index (κ3) is 2.77. The topological polar surface area (TPSA) is 51.1 Å². The van der Waals surface area contributed by atoms with E-state index in [4.69, 9.17) is 4.74 Å². The van der Waals surface area contributed by atoms with Crippen LogP contribution in [0.3, 0.4) is 0 Å². The lowest BCUT2D eigenvalue weighted by molar-refractivity contribution is 0.419. The van der Waals surface area contributed by atoms with Crippen LogP contribution in [-0.4, -0.2) is 35.2 Å². The summed E-state index contributed by atoms with van der Waals surface area (Å²) in [6.45, 7) is 3.60. The summed E-state index contributed by atoms with van der Waals surface area (Å²) in [5.41, 5.74) is 2.49. The van der Waals surface area contributed by atoms with E-state index in [0.29, 0.717) is 17.4 Å². The molecule has 1 aromatic carbocycles. The van der Waals surface area contributed by atoms with Gasteiger partial charge in [-0.3, -0.25) is 0 Å². The SMILES string of the molecule is COc1ccc(-c2ncc(F)c(N3CCCC3)n2)c2ccc(C)nc12. The minimum absolute atomic E-state index is 0.377. The predicted molar refractivity (Wildman–Crippen MR) is 95.5 cm³/mol. The van der Waals surface area contributed by atoms with Gasteiger partial charge in [0.2, 0.25) is 0 Å². The molecule has 3 aromatic rings. The molecule has 0 bridgehead atoms. The first kappa shape index (κ1) is 15.7. The van der Waals surface area contributed by atoms with Gasteiger partial charge in [0, 0.05) is 29.7 Å². The molecule has 6 heteroatoms. The average molecular weight is 338 g/mol. The van der Waals surface area contributed by atoms with E-state index in [-0.39, 0.29) is 5.82 Å². The van der Waals surface area contributed by atoms with Gasteiger partial charge in [-0.15, -0.1) is 0 Å². The fraction of sp³-hybridized carbons (Fsp3) is 0.316. The van der Waals surface area contributed by atoms with Crippen LogP contribution < -0.4 is 9.64 Å². The Labute approximate surface area is 145 Å². The highest BCUT2D eigenvalue weighted by molar-refractivity contribution is 5.96. The second kappa shape index (κ2) is 6.27. The summed E-state index contributed by atoms with van der Waals surface area (Å²) in [5.74, 6) is 1.20. The molecule has 2 aromatic heterocycles. The molecule has 5 nitrogen and oxygen atoms in total. The van der Waals surface area contributed by atoms with Crippen LogP contribution in [0.1, 0.15) is 18.5 Å². The molecule has 0 amide bonds. The van der Waals surface area contributed by atoms with Crippen molar-refractivity contribution >= 4 is 16.7 Å². The first-order chi connectivity index (χ1) is 12.2. The Hall–Kier alpha value is -2.76. The van der Waals surface area contributed by atoms with Gasteiger partial charge in [-0.1, -0.05) is 6.07 Å². The van der Waals surface area contributed by atoms with Crippen LogP contribution in [0.5, 0.6) is 5.75 Å². The number of halogens is 1. The number of rotatable bonds is 3. The molecule has 0 atom stereocenters. The summed E-state index contributed by atoms with van der Waals surface area (Å²) in [7, 11) is 1.62. The standard InChI is InChI=1S/C19H19FN4O/c1-12-5-6-13-14(7-8-16(25-2)17(13)22-12)18-21-11-15(20)19(23-18)24-9-3-4-10-24/h5-8,11H,3-4,9-10H2,1-2H3. The maximum Gasteiger partial charge on any atom is 0.183 e. The van der Waals surface area contributed by atoms with E-state index in [1.807, 2.05) is 36.1 Å². The smallest absolute Gasteiger partial charge is 0.183 e. The molecular formula is C19H19FN4O. The van der Waals surface area contributed by atoms with E-state index in [1.165, 1.54) is 6.20 Å². The third-order valence-corrected chi connectivity index (χ3v) is 4.55. The van der Waals surface area contributed by atoms with Gasteiger partial charge in [0.1, 0.15) is 11.3 Å². The van der Waals surface area contributed by atoms with Crippen LogP contribution in [0.15, 0.2) is 30.5 Å².